The third-order valence-corrected chi connectivity index (χ3v) is 9.47. The fraction of sp³-hybridized carbons (Fsp3) is 0.222. The molecule has 15 heteroatoms. The molecule has 0 heterocycles. The number of sulfonamides is 1. The number of nitrogens with two attached hydrogens (primary N) is 1. The predicted octanol–water partition coefficient (Wildman–Crippen LogP) is 3.90. The molecule has 0 saturated heterocycles. The number of ether oxygens (including phenoxy) is 5. The maximum atomic E-state index is 13.9. The number of carbonyl (C=O) groups is 2. The molecular weight excluding hydrogens is 680 g/mol. The SMILES string of the molecule is [2H]N(NC(=O)[C@H](CO)N(/C=C/c1c(OC)cc(OC)cc1OC)C(=O)OCC1c2ccccc2-c2ccccc21)S(=O)(=O)c1ccc(OC)c(N)c1. The molecule has 1 aliphatic carbocycles. The van der Waals surface area contributed by atoms with E-state index in [-0.39, 0.29) is 40.3 Å². The number of hydrazine groups is 1. The minimum Gasteiger partial charge on any atom is -0.496 e. The number of amides is 2. The molecule has 4 aromatic carbocycles. The van der Waals surface area contributed by atoms with Crippen LogP contribution in [0, 0.1) is 0 Å². The number of benzene rings is 4. The van der Waals surface area contributed by atoms with Gasteiger partial charge >= 0.3 is 6.09 Å². The lowest BCUT2D eigenvalue weighted by atomic mass is 9.98. The summed E-state index contributed by atoms with van der Waals surface area (Å²) < 4.78 is 61.8. The van der Waals surface area contributed by atoms with Gasteiger partial charge in [-0.25, -0.2) is 13.2 Å². The van der Waals surface area contributed by atoms with Crippen molar-refractivity contribution in [2.45, 2.75) is 16.9 Å². The Morgan fingerprint density at radius 2 is 1.49 bits per heavy atom. The molecule has 14 nitrogen and oxygen atoms in total. The molecule has 0 saturated carbocycles. The van der Waals surface area contributed by atoms with E-state index in [0.29, 0.717) is 11.3 Å². The zero-order chi connectivity index (χ0) is 37.6. The second-order valence-electron chi connectivity index (χ2n) is 11.1. The van der Waals surface area contributed by atoms with Crippen molar-refractivity contribution in [3.05, 3.63) is 102 Å². The summed E-state index contributed by atoms with van der Waals surface area (Å²) in [4.78, 5) is 27.7. The van der Waals surface area contributed by atoms with Crippen molar-refractivity contribution in [1.29, 1.82) is 0 Å². The van der Waals surface area contributed by atoms with E-state index in [1.165, 1.54) is 46.8 Å². The standard InChI is InChI=1S/C36H38N4O10S/c1-46-22-17-33(48-3)28(34(18-22)49-4)15-16-40(31(20-41)35(42)38-39-51(44,45)23-13-14-32(47-2)30(37)19-23)36(43)50-21-29-26-11-7-5-9-24(26)25-10-6-8-12-27(25)29/h5-19,29,31,39,41H,20-21,37H2,1-4H3,(H,38,42)/b16-15+/t31-/m0/s1/i/hD. The predicted molar refractivity (Wildman–Crippen MR) is 189 cm³/mol. The smallest absolute Gasteiger partial charge is 0.414 e. The summed E-state index contributed by atoms with van der Waals surface area (Å²) in [6, 6.07) is 20.3. The molecule has 0 aliphatic heterocycles. The van der Waals surface area contributed by atoms with Crippen LogP contribution in [0.1, 0.15) is 22.6 Å². The molecular formula is C36H38N4O10S. The van der Waals surface area contributed by atoms with Crippen LogP contribution >= 0.6 is 0 Å². The Kier molecular flexibility index (Phi) is 10.9. The number of hydrogen-bond donors (Lipinski definition) is 4. The molecule has 5 N–H and O–H groups in total. The molecule has 0 radical (unpaired) electrons. The van der Waals surface area contributed by atoms with Gasteiger partial charge in [0.25, 0.3) is 15.9 Å². The Bertz CT molecular complexity index is 2020. The van der Waals surface area contributed by atoms with Crippen molar-refractivity contribution < 1.29 is 48.2 Å². The zero-order valence-electron chi connectivity index (χ0n) is 29.2. The molecule has 1 atom stereocenters. The number of hydrogen-bond acceptors (Lipinski definition) is 11. The van der Waals surface area contributed by atoms with Crippen LogP contribution in [0.4, 0.5) is 10.5 Å². The van der Waals surface area contributed by atoms with Crippen molar-refractivity contribution in [1.82, 2.24) is 15.1 Å². The Balaban J connectivity index is 1.47. The highest BCUT2D eigenvalue weighted by Crippen LogP contribution is 2.44. The van der Waals surface area contributed by atoms with E-state index in [2.05, 4.69) is 0 Å². The van der Waals surface area contributed by atoms with Crippen LogP contribution in [0.5, 0.6) is 23.0 Å². The number of aliphatic hydroxyl groups excluding tert-OH is 1. The van der Waals surface area contributed by atoms with Crippen molar-refractivity contribution in [3.63, 3.8) is 0 Å². The summed E-state index contributed by atoms with van der Waals surface area (Å²) in [5, 5.41) is 10.5. The van der Waals surface area contributed by atoms with Crippen molar-refractivity contribution in [2.75, 3.05) is 47.4 Å². The summed E-state index contributed by atoms with van der Waals surface area (Å²) in [6.45, 7) is -1.13. The van der Waals surface area contributed by atoms with Gasteiger partial charge < -0.3 is 34.5 Å². The van der Waals surface area contributed by atoms with E-state index in [9.17, 15) is 23.1 Å². The molecule has 1 aliphatic rings. The number of aliphatic hydroxyl groups is 1. The topological polar surface area (TPSA) is 188 Å². The second-order valence-corrected chi connectivity index (χ2v) is 12.7. The molecule has 0 fully saturated rings. The molecule has 268 valence electrons. The molecule has 5 rings (SSSR count). The summed E-state index contributed by atoms with van der Waals surface area (Å²) >= 11 is 0. The van der Waals surface area contributed by atoms with Crippen molar-refractivity contribution in [2.24, 2.45) is 0 Å². The number of nitrogens with zero attached hydrogens (tertiary/aromatic N) is 1. The van der Waals surface area contributed by atoms with E-state index in [0.717, 1.165) is 39.3 Å². The zero-order valence-corrected chi connectivity index (χ0v) is 29.0. The highest BCUT2D eigenvalue weighted by Gasteiger charge is 2.33. The summed E-state index contributed by atoms with van der Waals surface area (Å²) in [6.07, 6.45) is 1.50. The normalized spacial score (nSPS) is 13.2. The van der Waals surface area contributed by atoms with Crippen LogP contribution < -0.4 is 34.9 Å². The molecule has 2 amide bonds. The fourth-order valence-corrected chi connectivity index (χ4v) is 6.55. The number of nitrogen functional groups attached to an aromatic ring is 1. The molecule has 51 heavy (non-hydrogen) atoms. The van der Waals surface area contributed by atoms with Gasteiger partial charge in [-0.05, 0) is 46.5 Å². The first-order valence-corrected chi connectivity index (χ1v) is 16.9. The van der Waals surface area contributed by atoms with Gasteiger partial charge in [0, 0.05) is 24.3 Å². The highest BCUT2D eigenvalue weighted by molar-refractivity contribution is 7.89. The Labute approximate surface area is 296 Å². The maximum Gasteiger partial charge on any atom is 0.414 e. The molecule has 0 aromatic heterocycles. The first kappa shape index (κ1) is 35.1. The molecule has 4 aromatic rings. The van der Waals surface area contributed by atoms with Crippen LogP contribution in [-0.2, 0) is 19.6 Å². The van der Waals surface area contributed by atoms with Crippen LogP contribution in [0.15, 0.2) is 90.0 Å². The number of methoxy groups -OCH3 is 4. The average Bonchev–Trinajstić information content (AvgIpc) is 3.48. The quantitative estimate of drug-likeness (QED) is 0.109. The third-order valence-electron chi connectivity index (χ3n) is 8.29. The lowest BCUT2D eigenvalue weighted by Crippen LogP contribution is -2.54. The van der Waals surface area contributed by atoms with Gasteiger partial charge in [0.1, 0.15) is 35.6 Å². The third kappa shape index (κ3) is 7.70. The molecule has 0 unspecified atom stereocenters. The van der Waals surface area contributed by atoms with Gasteiger partial charge in [-0.15, -0.1) is 4.82 Å². The second kappa shape index (κ2) is 15.8. The first-order valence-electron chi connectivity index (χ1n) is 15.9. The first-order chi connectivity index (χ1) is 25.0. The lowest BCUT2D eigenvalue weighted by Gasteiger charge is -2.27. The number of nitrogens with one attached hydrogen (secondary N) is 2. The maximum absolute atomic E-state index is 13.9. The largest absolute Gasteiger partial charge is 0.496 e. The van der Waals surface area contributed by atoms with Gasteiger partial charge in [-0.2, -0.15) is 0 Å². The van der Waals surface area contributed by atoms with E-state index in [4.69, 9.17) is 30.8 Å². The lowest BCUT2D eigenvalue weighted by molar-refractivity contribution is -0.126. The molecule has 0 spiro atoms. The number of rotatable bonds is 14. The van der Waals surface area contributed by atoms with E-state index in [1.807, 2.05) is 54.0 Å². The Morgan fingerprint density at radius 3 is 2.02 bits per heavy atom. The van der Waals surface area contributed by atoms with Crippen molar-refractivity contribution >= 4 is 33.8 Å². The Hall–Kier alpha value is -5.77. The highest BCUT2D eigenvalue weighted by atomic mass is 32.2. The molecule has 0 bridgehead atoms. The van der Waals surface area contributed by atoms with Crippen LogP contribution in [-0.4, -0.2) is 78.1 Å². The number of carbonyl (C=O) groups excluding carboxylic acids is 2. The average molecular weight is 720 g/mol. The van der Waals surface area contributed by atoms with Crippen LogP contribution in [0.2, 0.25) is 1.41 Å². The monoisotopic (exact) mass is 719 g/mol. The van der Waals surface area contributed by atoms with E-state index >= 15 is 0 Å². The van der Waals surface area contributed by atoms with Gasteiger partial charge in [0.2, 0.25) is 0 Å². The number of anilines is 1. The van der Waals surface area contributed by atoms with Gasteiger partial charge in [0.15, 0.2) is 1.41 Å². The minimum absolute atomic E-state index is 0.0208. The fourth-order valence-electron chi connectivity index (χ4n) is 5.71. The summed E-state index contributed by atoms with van der Waals surface area (Å²) in [5.74, 6) is -0.373. The Morgan fingerprint density at radius 1 is 0.902 bits per heavy atom. The van der Waals surface area contributed by atoms with Gasteiger partial charge in [-0.3, -0.25) is 15.1 Å². The number of fused-ring (bicyclic) bond motifs is 3. The summed E-state index contributed by atoms with van der Waals surface area (Å²) in [7, 11) is 0.972. The van der Waals surface area contributed by atoms with E-state index < -0.39 is 39.6 Å². The minimum atomic E-state index is -4.67. The van der Waals surface area contributed by atoms with E-state index in [1.54, 1.807) is 12.1 Å². The van der Waals surface area contributed by atoms with Gasteiger partial charge in [0.05, 0.1) is 51.2 Å². The van der Waals surface area contributed by atoms with Crippen LogP contribution in [0.3, 0.4) is 0 Å². The van der Waals surface area contributed by atoms with Crippen LogP contribution in [0.25, 0.3) is 17.2 Å². The summed E-state index contributed by atoms with van der Waals surface area (Å²) in [5.41, 5.74) is 12.0. The van der Waals surface area contributed by atoms with Crippen molar-refractivity contribution in [3.8, 4) is 34.1 Å². The van der Waals surface area contributed by atoms with Gasteiger partial charge in [-0.1, -0.05) is 48.5 Å².